The number of rotatable bonds is 16. The number of ether oxygens (including phenoxy) is 4. The van der Waals surface area contributed by atoms with E-state index in [9.17, 15) is 29.1 Å². The number of carboxylic acid groups (broad SMARTS) is 1. The fraction of sp³-hybridized carbons (Fsp3) is 0.175. The van der Waals surface area contributed by atoms with Crippen molar-refractivity contribution >= 4 is 51.2 Å². The number of aliphatic carboxylic acids is 1. The van der Waals surface area contributed by atoms with E-state index in [1.807, 2.05) is 37.3 Å². The van der Waals surface area contributed by atoms with E-state index in [2.05, 4.69) is 0 Å². The van der Waals surface area contributed by atoms with Crippen LogP contribution in [0.1, 0.15) is 39.0 Å². The van der Waals surface area contributed by atoms with Crippen molar-refractivity contribution < 1.29 is 48.0 Å². The van der Waals surface area contributed by atoms with Crippen LogP contribution in [0.5, 0.6) is 23.0 Å². The van der Waals surface area contributed by atoms with Gasteiger partial charge >= 0.3 is 5.97 Å². The summed E-state index contributed by atoms with van der Waals surface area (Å²) in [5, 5.41) is 9.90. The van der Waals surface area contributed by atoms with Gasteiger partial charge in [-0.25, -0.2) is 4.79 Å². The monoisotopic (exact) mass is 732 g/mol. The second kappa shape index (κ2) is 15.3. The molecule has 0 atom stereocenters. The summed E-state index contributed by atoms with van der Waals surface area (Å²) < 4.78 is 27.5. The van der Waals surface area contributed by atoms with Gasteiger partial charge in [-0.1, -0.05) is 48.5 Å². The largest absolute Gasteiger partial charge is 0.493 e. The molecule has 0 spiro atoms. The minimum atomic E-state index is -1.22. The Morgan fingerprint density at radius 2 is 0.981 bits per heavy atom. The first kappa shape index (κ1) is 36.7. The van der Waals surface area contributed by atoms with Gasteiger partial charge in [0.2, 0.25) is 0 Å². The first-order valence-corrected chi connectivity index (χ1v) is 16.8. The molecular formula is C40H36N4O10. The highest BCUT2D eigenvalue weighted by Crippen LogP contribution is 2.39. The molecule has 2 amide bonds. The number of primary amides is 2. The third kappa shape index (κ3) is 6.79. The van der Waals surface area contributed by atoms with Gasteiger partial charge in [0, 0.05) is 22.5 Å². The summed E-state index contributed by atoms with van der Waals surface area (Å²) in [5.74, 6) is -3.81. The number of benzene rings is 4. The lowest BCUT2D eigenvalue weighted by atomic mass is 10.0. The van der Waals surface area contributed by atoms with Gasteiger partial charge in [0.15, 0.2) is 20.1 Å². The second-order valence-electron chi connectivity index (χ2n) is 12.1. The number of ketones is 2. The van der Waals surface area contributed by atoms with Crippen LogP contribution < -0.4 is 30.4 Å². The number of hydrogen-bond donors (Lipinski definition) is 3. The van der Waals surface area contributed by atoms with Gasteiger partial charge in [-0.3, -0.25) is 19.2 Å². The highest BCUT2D eigenvalue weighted by molar-refractivity contribution is 6.45. The first-order chi connectivity index (χ1) is 25.9. The third-order valence-corrected chi connectivity index (χ3v) is 8.94. The summed E-state index contributed by atoms with van der Waals surface area (Å²) in [5.41, 5.74) is 14.2. The van der Waals surface area contributed by atoms with Crippen LogP contribution in [0.4, 0.5) is 0 Å². The van der Waals surface area contributed by atoms with Crippen molar-refractivity contribution in [3.05, 3.63) is 107 Å². The van der Waals surface area contributed by atoms with Crippen LogP contribution in [0, 0.1) is 13.8 Å². The van der Waals surface area contributed by atoms with E-state index in [-0.39, 0.29) is 35.7 Å². The fourth-order valence-corrected chi connectivity index (χ4v) is 6.55. The van der Waals surface area contributed by atoms with E-state index in [1.54, 1.807) is 71.5 Å². The van der Waals surface area contributed by atoms with Gasteiger partial charge in [-0.05, 0) is 57.2 Å². The van der Waals surface area contributed by atoms with E-state index in [0.717, 1.165) is 0 Å². The molecule has 0 unspecified atom stereocenters. The number of hydrogen-bond acceptors (Lipinski definition) is 9. The molecule has 0 aliphatic heterocycles. The van der Waals surface area contributed by atoms with Crippen molar-refractivity contribution in [3.63, 3.8) is 0 Å². The molecule has 0 saturated heterocycles. The zero-order chi connectivity index (χ0) is 38.7. The number of nitrogens with zero attached hydrogens (tertiary/aromatic N) is 2. The Morgan fingerprint density at radius 3 is 1.39 bits per heavy atom. The molecule has 5 N–H and O–H groups in total. The molecule has 0 aliphatic carbocycles. The minimum absolute atomic E-state index is 0.0176. The Balaban J connectivity index is 1.35. The minimum Gasteiger partial charge on any atom is -0.493 e. The Bertz CT molecular complexity index is 2480. The lowest BCUT2D eigenvalue weighted by molar-refractivity contribution is -0.139. The smallest absolute Gasteiger partial charge is 0.341 e. The number of carbonyl (C=O) groups excluding carboxylic acids is 4. The van der Waals surface area contributed by atoms with Crippen molar-refractivity contribution in [2.75, 3.05) is 13.2 Å². The van der Waals surface area contributed by atoms with E-state index in [4.69, 9.17) is 30.4 Å². The average molecular weight is 733 g/mol. The SMILES string of the molecule is CCOc1cccc2c1c(C(=O)C(N)=O)c(C)n2COc1ccccc1-c1ccccc1OCn1c(C)c(C(=O)C(N)=O)c2c(OCC(=O)O)cccc21. The van der Waals surface area contributed by atoms with Crippen LogP contribution >= 0.6 is 0 Å². The summed E-state index contributed by atoms with van der Waals surface area (Å²) in [6, 6.07) is 24.7. The Labute approximate surface area is 308 Å². The average Bonchev–Trinajstić information content (AvgIpc) is 3.61. The maximum atomic E-state index is 13.0. The number of amides is 2. The predicted octanol–water partition coefficient (Wildman–Crippen LogP) is 5.15. The summed E-state index contributed by atoms with van der Waals surface area (Å²) >= 11 is 0. The predicted molar refractivity (Wildman–Crippen MR) is 198 cm³/mol. The number of carbonyl (C=O) groups is 5. The molecule has 0 bridgehead atoms. The van der Waals surface area contributed by atoms with Gasteiger partial charge < -0.3 is 44.7 Å². The van der Waals surface area contributed by atoms with Crippen LogP contribution in [0.2, 0.25) is 0 Å². The Morgan fingerprint density at radius 1 is 0.574 bits per heavy atom. The number of carboxylic acids is 1. The topological polar surface area (TPSA) is 204 Å². The van der Waals surface area contributed by atoms with Gasteiger partial charge in [0.25, 0.3) is 23.4 Å². The normalized spacial score (nSPS) is 11.0. The molecule has 6 rings (SSSR count). The van der Waals surface area contributed by atoms with Gasteiger partial charge in [0.05, 0.1) is 39.5 Å². The van der Waals surface area contributed by atoms with Crippen LogP contribution in [-0.4, -0.2) is 56.8 Å². The molecule has 276 valence electrons. The molecule has 14 nitrogen and oxygen atoms in total. The van der Waals surface area contributed by atoms with E-state index in [1.165, 1.54) is 6.07 Å². The highest BCUT2D eigenvalue weighted by Gasteiger charge is 2.28. The molecular weight excluding hydrogens is 696 g/mol. The second-order valence-corrected chi connectivity index (χ2v) is 12.1. The van der Waals surface area contributed by atoms with Crippen LogP contribution in [0.3, 0.4) is 0 Å². The highest BCUT2D eigenvalue weighted by atomic mass is 16.5. The Hall–Kier alpha value is -7.09. The molecule has 0 fully saturated rings. The number of para-hydroxylation sites is 2. The number of nitrogens with two attached hydrogens (primary N) is 2. The number of Topliss-reactive ketones (excluding diaryl/α,β-unsaturated/α-hetero) is 2. The van der Waals surface area contributed by atoms with E-state index in [0.29, 0.717) is 62.8 Å². The van der Waals surface area contributed by atoms with Gasteiger partial charge in [-0.15, -0.1) is 0 Å². The lowest BCUT2D eigenvalue weighted by Gasteiger charge is -2.18. The summed E-state index contributed by atoms with van der Waals surface area (Å²) in [6.07, 6.45) is 0. The molecule has 6 aromatic rings. The lowest BCUT2D eigenvalue weighted by Crippen LogP contribution is -2.24. The summed E-state index contributed by atoms with van der Waals surface area (Å²) in [7, 11) is 0. The number of aromatic nitrogens is 2. The quantitative estimate of drug-likeness (QED) is 0.0882. The number of fused-ring (bicyclic) bond motifs is 2. The van der Waals surface area contributed by atoms with Crippen LogP contribution in [0.15, 0.2) is 84.9 Å². The van der Waals surface area contributed by atoms with E-state index < -0.39 is 36.0 Å². The fourth-order valence-electron chi connectivity index (χ4n) is 6.55. The summed E-state index contributed by atoms with van der Waals surface area (Å²) in [4.78, 5) is 61.5. The van der Waals surface area contributed by atoms with Crippen molar-refractivity contribution in [1.82, 2.24) is 9.13 Å². The molecule has 54 heavy (non-hydrogen) atoms. The maximum Gasteiger partial charge on any atom is 0.341 e. The van der Waals surface area contributed by atoms with Gasteiger partial charge in [-0.2, -0.15) is 0 Å². The zero-order valence-electron chi connectivity index (χ0n) is 29.6. The van der Waals surface area contributed by atoms with Crippen LogP contribution in [-0.2, 0) is 27.8 Å². The maximum absolute atomic E-state index is 13.0. The van der Waals surface area contributed by atoms with Gasteiger partial charge in [0.1, 0.15) is 23.0 Å². The van der Waals surface area contributed by atoms with Crippen LogP contribution in [0.25, 0.3) is 32.9 Å². The summed E-state index contributed by atoms with van der Waals surface area (Å²) in [6.45, 7) is 4.67. The zero-order valence-corrected chi connectivity index (χ0v) is 29.6. The van der Waals surface area contributed by atoms with Crippen molar-refractivity contribution in [2.45, 2.75) is 34.2 Å². The Kier molecular flexibility index (Phi) is 10.4. The van der Waals surface area contributed by atoms with Crippen molar-refractivity contribution in [2.24, 2.45) is 11.5 Å². The molecule has 0 aliphatic rings. The van der Waals surface area contributed by atoms with E-state index >= 15 is 0 Å². The standard InChI is InChI=1S/C40H36N4O10/c1-4-51-30-17-9-13-26-35(30)33(37(47)39(41)49)22(2)43(26)20-53-28-15-7-5-11-24(28)25-12-6-8-16-29(25)54-21-44-23(3)34(38(48)40(42)50)36-27(44)14-10-18-31(36)52-19-32(45)46/h5-18H,4,19-21H2,1-3H3,(H2,41,49)(H2,42,50)(H,45,46). The molecule has 4 aromatic carbocycles. The molecule has 0 radical (unpaired) electrons. The first-order valence-electron chi connectivity index (χ1n) is 16.8. The molecule has 2 aromatic heterocycles. The third-order valence-electron chi connectivity index (χ3n) is 8.94. The molecule has 2 heterocycles. The van der Waals surface area contributed by atoms with Crippen molar-refractivity contribution in [3.8, 4) is 34.1 Å². The molecule has 0 saturated carbocycles. The molecule has 14 heteroatoms. The van der Waals surface area contributed by atoms with Crippen molar-refractivity contribution in [1.29, 1.82) is 0 Å².